The molecule has 0 heterocycles. The number of nitrogens with two attached hydrogens (primary N) is 1. The van der Waals surface area contributed by atoms with Gasteiger partial charge >= 0.3 is 5.97 Å². The van der Waals surface area contributed by atoms with Crippen LogP contribution in [-0.4, -0.2) is 18.6 Å². The molecule has 0 radical (unpaired) electrons. The van der Waals surface area contributed by atoms with Crippen molar-refractivity contribution in [1.82, 2.24) is 0 Å². The van der Waals surface area contributed by atoms with Crippen LogP contribution in [0.2, 0.25) is 0 Å². The predicted octanol–water partition coefficient (Wildman–Crippen LogP) is 1.07. The normalized spacial score (nSPS) is 12.6. The Labute approximate surface area is 67.9 Å². The van der Waals surface area contributed by atoms with E-state index in [1.165, 1.54) is 0 Å². The number of unbranched alkanes of at least 4 members (excludes halogenated alkanes) is 1. The first-order valence-electron chi connectivity index (χ1n) is 4.14. The zero-order chi connectivity index (χ0) is 8.69. The SMILES string of the molecule is CCCC[C@@H](N)C(=O)OCC. The van der Waals surface area contributed by atoms with Gasteiger partial charge in [-0.3, -0.25) is 4.79 Å². The van der Waals surface area contributed by atoms with Gasteiger partial charge in [0.15, 0.2) is 0 Å². The van der Waals surface area contributed by atoms with Crippen LogP contribution in [-0.2, 0) is 9.53 Å². The van der Waals surface area contributed by atoms with Crippen molar-refractivity contribution in [2.24, 2.45) is 5.73 Å². The van der Waals surface area contributed by atoms with Gasteiger partial charge in [-0.15, -0.1) is 0 Å². The molecule has 0 aliphatic heterocycles. The van der Waals surface area contributed by atoms with Gasteiger partial charge in [-0.25, -0.2) is 0 Å². The molecule has 3 nitrogen and oxygen atoms in total. The van der Waals surface area contributed by atoms with Crippen molar-refractivity contribution in [2.75, 3.05) is 6.61 Å². The summed E-state index contributed by atoms with van der Waals surface area (Å²) in [6, 6.07) is -0.421. The first kappa shape index (κ1) is 10.4. The second-order valence-corrected chi connectivity index (χ2v) is 2.50. The van der Waals surface area contributed by atoms with E-state index in [1.54, 1.807) is 6.92 Å². The number of rotatable bonds is 5. The maximum Gasteiger partial charge on any atom is 0.322 e. The molecule has 2 N–H and O–H groups in total. The van der Waals surface area contributed by atoms with Crippen molar-refractivity contribution in [2.45, 2.75) is 39.2 Å². The third-order valence-electron chi connectivity index (χ3n) is 1.46. The first-order valence-corrected chi connectivity index (χ1v) is 4.14. The number of ether oxygens (including phenoxy) is 1. The number of hydrogen-bond donors (Lipinski definition) is 1. The smallest absolute Gasteiger partial charge is 0.322 e. The Morgan fingerprint density at radius 3 is 2.64 bits per heavy atom. The van der Waals surface area contributed by atoms with Gasteiger partial charge in [-0.05, 0) is 13.3 Å². The number of carbonyl (C=O) groups is 1. The molecule has 0 aliphatic rings. The molecule has 0 spiro atoms. The largest absolute Gasteiger partial charge is 0.465 e. The monoisotopic (exact) mass is 159 g/mol. The molecule has 0 aromatic heterocycles. The maximum atomic E-state index is 10.9. The summed E-state index contributed by atoms with van der Waals surface area (Å²) in [7, 11) is 0. The van der Waals surface area contributed by atoms with Crippen molar-refractivity contribution in [1.29, 1.82) is 0 Å². The molecule has 0 saturated heterocycles. The molecule has 0 rings (SSSR count). The van der Waals surface area contributed by atoms with Crippen molar-refractivity contribution in [3.63, 3.8) is 0 Å². The average molecular weight is 159 g/mol. The summed E-state index contributed by atoms with van der Waals surface area (Å²) in [4.78, 5) is 10.9. The lowest BCUT2D eigenvalue weighted by molar-refractivity contribution is -0.144. The summed E-state index contributed by atoms with van der Waals surface area (Å²) < 4.78 is 4.74. The molecular weight excluding hydrogens is 142 g/mol. The van der Waals surface area contributed by atoms with Crippen LogP contribution in [0.25, 0.3) is 0 Å². The topological polar surface area (TPSA) is 52.3 Å². The van der Waals surface area contributed by atoms with E-state index in [1.807, 2.05) is 0 Å². The molecule has 1 atom stereocenters. The third kappa shape index (κ3) is 4.79. The molecule has 0 aromatic rings. The van der Waals surface area contributed by atoms with E-state index in [4.69, 9.17) is 10.5 Å². The van der Waals surface area contributed by atoms with Gasteiger partial charge in [0.2, 0.25) is 0 Å². The van der Waals surface area contributed by atoms with Gasteiger partial charge in [-0.1, -0.05) is 19.8 Å². The molecule has 0 amide bonds. The zero-order valence-electron chi connectivity index (χ0n) is 7.30. The standard InChI is InChI=1S/C8H17NO2/c1-3-5-6-7(9)8(10)11-4-2/h7H,3-6,9H2,1-2H3/t7-/m1/s1. The van der Waals surface area contributed by atoms with Gasteiger partial charge < -0.3 is 10.5 Å². The van der Waals surface area contributed by atoms with Gasteiger partial charge in [0.05, 0.1) is 6.61 Å². The van der Waals surface area contributed by atoms with Crippen LogP contribution in [0.3, 0.4) is 0 Å². The highest BCUT2D eigenvalue weighted by Crippen LogP contribution is 1.99. The zero-order valence-corrected chi connectivity index (χ0v) is 7.30. The fourth-order valence-electron chi connectivity index (χ4n) is 0.791. The van der Waals surface area contributed by atoms with Crippen LogP contribution in [0.1, 0.15) is 33.1 Å². The van der Waals surface area contributed by atoms with E-state index >= 15 is 0 Å². The summed E-state index contributed by atoms with van der Waals surface area (Å²) >= 11 is 0. The Morgan fingerprint density at radius 2 is 2.18 bits per heavy atom. The molecule has 66 valence electrons. The van der Waals surface area contributed by atoms with E-state index in [0.29, 0.717) is 6.61 Å². The van der Waals surface area contributed by atoms with E-state index in [9.17, 15) is 4.79 Å². The highest BCUT2D eigenvalue weighted by molar-refractivity contribution is 5.75. The van der Waals surface area contributed by atoms with E-state index in [-0.39, 0.29) is 5.97 Å². The lowest BCUT2D eigenvalue weighted by atomic mass is 10.1. The molecule has 3 heteroatoms. The van der Waals surface area contributed by atoms with Crippen LogP contribution < -0.4 is 5.73 Å². The van der Waals surface area contributed by atoms with Crippen LogP contribution in [0.5, 0.6) is 0 Å². The molecule has 0 aromatic carbocycles. The van der Waals surface area contributed by atoms with Crippen LogP contribution in [0.15, 0.2) is 0 Å². The third-order valence-corrected chi connectivity index (χ3v) is 1.46. The first-order chi connectivity index (χ1) is 5.22. The number of carbonyl (C=O) groups excluding carboxylic acids is 1. The quantitative estimate of drug-likeness (QED) is 0.610. The molecule has 0 fully saturated rings. The number of esters is 1. The molecule has 0 aliphatic carbocycles. The van der Waals surface area contributed by atoms with E-state index in [2.05, 4.69) is 6.92 Å². The van der Waals surface area contributed by atoms with Crippen molar-refractivity contribution < 1.29 is 9.53 Å². The van der Waals surface area contributed by atoms with Crippen molar-refractivity contribution in [3.05, 3.63) is 0 Å². The summed E-state index contributed by atoms with van der Waals surface area (Å²) in [6.07, 6.45) is 2.78. The van der Waals surface area contributed by atoms with Gasteiger partial charge in [0, 0.05) is 0 Å². The fourth-order valence-corrected chi connectivity index (χ4v) is 0.791. The molecule has 0 unspecified atom stereocenters. The predicted molar refractivity (Wildman–Crippen MR) is 44.1 cm³/mol. The minimum atomic E-state index is -0.421. The Balaban J connectivity index is 3.46. The Morgan fingerprint density at radius 1 is 1.55 bits per heavy atom. The van der Waals surface area contributed by atoms with Gasteiger partial charge in [0.1, 0.15) is 6.04 Å². The van der Waals surface area contributed by atoms with Gasteiger partial charge in [-0.2, -0.15) is 0 Å². The van der Waals surface area contributed by atoms with Crippen LogP contribution >= 0.6 is 0 Å². The van der Waals surface area contributed by atoms with E-state index in [0.717, 1.165) is 19.3 Å². The Bertz CT molecular complexity index is 115. The van der Waals surface area contributed by atoms with Gasteiger partial charge in [0.25, 0.3) is 0 Å². The van der Waals surface area contributed by atoms with Crippen molar-refractivity contribution >= 4 is 5.97 Å². The molecule has 0 bridgehead atoms. The van der Waals surface area contributed by atoms with Crippen LogP contribution in [0, 0.1) is 0 Å². The number of hydrogen-bond acceptors (Lipinski definition) is 3. The highest BCUT2D eigenvalue weighted by atomic mass is 16.5. The maximum absolute atomic E-state index is 10.9. The minimum Gasteiger partial charge on any atom is -0.465 e. The Kier molecular flexibility index (Phi) is 5.84. The summed E-state index contributed by atoms with van der Waals surface area (Å²) in [5.74, 6) is -0.277. The molecular formula is C8H17NO2. The van der Waals surface area contributed by atoms with E-state index < -0.39 is 6.04 Å². The summed E-state index contributed by atoms with van der Waals surface area (Å²) in [6.45, 7) is 4.26. The molecule has 11 heavy (non-hydrogen) atoms. The average Bonchev–Trinajstić information content (AvgIpc) is 2.00. The second kappa shape index (κ2) is 6.16. The Hall–Kier alpha value is -0.570. The van der Waals surface area contributed by atoms with Crippen molar-refractivity contribution in [3.8, 4) is 0 Å². The van der Waals surface area contributed by atoms with Crippen LogP contribution in [0.4, 0.5) is 0 Å². The summed E-state index contributed by atoms with van der Waals surface area (Å²) in [5, 5.41) is 0. The second-order valence-electron chi connectivity index (χ2n) is 2.50. The molecule has 0 saturated carbocycles. The minimum absolute atomic E-state index is 0.277. The lowest BCUT2D eigenvalue weighted by Gasteiger charge is -2.08. The summed E-state index contributed by atoms with van der Waals surface area (Å²) in [5.41, 5.74) is 5.51. The fraction of sp³-hybridized carbons (Fsp3) is 0.875. The lowest BCUT2D eigenvalue weighted by Crippen LogP contribution is -2.32. The highest BCUT2D eigenvalue weighted by Gasteiger charge is 2.12.